The molecule has 0 amide bonds. The van der Waals surface area contributed by atoms with Crippen molar-refractivity contribution in [2.75, 3.05) is 19.8 Å². The number of esters is 4. The Morgan fingerprint density at radius 1 is 0.844 bits per heavy atom. The van der Waals surface area contributed by atoms with Crippen LogP contribution in [0.5, 0.6) is 5.75 Å². The van der Waals surface area contributed by atoms with Crippen LogP contribution in [-0.4, -0.2) is 74.2 Å². The Bertz CT molecular complexity index is 1370. The maximum atomic E-state index is 12.5. The van der Waals surface area contributed by atoms with E-state index >= 15 is 0 Å². The summed E-state index contributed by atoms with van der Waals surface area (Å²) < 4.78 is 41.5. The van der Waals surface area contributed by atoms with Crippen LogP contribution in [0.3, 0.4) is 0 Å². The molecule has 2 fully saturated rings. The van der Waals surface area contributed by atoms with Gasteiger partial charge in [0.2, 0.25) is 0 Å². The van der Waals surface area contributed by atoms with E-state index in [1.165, 1.54) is 33.3 Å². The number of hydrogen-bond acceptors (Lipinski definition) is 11. The molecule has 12 heteroatoms. The largest absolute Gasteiger partial charge is 0.488 e. The lowest BCUT2D eigenvalue weighted by molar-refractivity contribution is -0.254. The summed E-state index contributed by atoms with van der Waals surface area (Å²) in [5.41, 5.74) is 3.68. The number of aryl methyl sites for hydroxylation is 1. The number of carbonyl (C=O) groups excluding carboxylic acids is 4. The molecule has 0 saturated carbocycles. The zero-order valence-electron chi connectivity index (χ0n) is 26.0. The highest BCUT2D eigenvalue weighted by atomic mass is 79.9. The first-order chi connectivity index (χ1) is 21.4. The van der Waals surface area contributed by atoms with Crippen LogP contribution in [0.2, 0.25) is 0 Å². The molecule has 0 N–H and O–H groups in total. The summed E-state index contributed by atoms with van der Waals surface area (Å²) in [5.74, 6) is -2.23. The van der Waals surface area contributed by atoms with Gasteiger partial charge in [-0.3, -0.25) is 19.2 Å². The highest BCUT2D eigenvalue weighted by Gasteiger charge is 2.53. The SMILES string of the molecule is CCc1ccc(Cc2cc([C@@H]3OC(COC(C)=O)[C@@H](OC(C)=O)[C@H](OC(C)=O)[C@H]3OC(C)=O)c(O[C@H]3CCOC3)cc2Br)cc1. The molecule has 0 aliphatic carbocycles. The highest BCUT2D eigenvalue weighted by molar-refractivity contribution is 9.10. The fourth-order valence-electron chi connectivity index (χ4n) is 5.46. The van der Waals surface area contributed by atoms with E-state index in [-0.39, 0.29) is 12.7 Å². The van der Waals surface area contributed by atoms with Gasteiger partial charge >= 0.3 is 23.9 Å². The van der Waals surface area contributed by atoms with E-state index in [2.05, 4.69) is 47.1 Å². The molecule has 0 radical (unpaired) electrons. The Kier molecular flexibility index (Phi) is 12.0. The quantitative estimate of drug-likeness (QED) is 0.243. The van der Waals surface area contributed by atoms with Gasteiger partial charge in [0.05, 0.1) is 13.2 Å². The van der Waals surface area contributed by atoms with Crippen molar-refractivity contribution in [1.29, 1.82) is 0 Å². The molecule has 1 unspecified atom stereocenters. The second-order valence-electron chi connectivity index (χ2n) is 11.1. The molecule has 0 bridgehead atoms. The zero-order valence-corrected chi connectivity index (χ0v) is 27.6. The lowest BCUT2D eigenvalue weighted by Gasteiger charge is -2.45. The van der Waals surface area contributed by atoms with Crippen LogP contribution in [0.1, 0.15) is 69.4 Å². The average molecular weight is 692 g/mol. The van der Waals surface area contributed by atoms with Gasteiger partial charge in [-0.25, -0.2) is 0 Å². The molecule has 2 aromatic rings. The van der Waals surface area contributed by atoms with Crippen LogP contribution in [0.15, 0.2) is 40.9 Å². The number of carbonyl (C=O) groups is 4. The van der Waals surface area contributed by atoms with Gasteiger partial charge in [0.25, 0.3) is 0 Å². The first-order valence-electron chi connectivity index (χ1n) is 14.9. The van der Waals surface area contributed by atoms with Crippen LogP contribution in [0, 0.1) is 0 Å². The number of benzene rings is 2. The first kappa shape index (κ1) is 34.4. The van der Waals surface area contributed by atoms with Crippen molar-refractivity contribution >= 4 is 39.8 Å². The van der Waals surface area contributed by atoms with Crippen molar-refractivity contribution in [3.05, 3.63) is 63.1 Å². The van der Waals surface area contributed by atoms with Crippen LogP contribution < -0.4 is 4.74 Å². The number of ether oxygens (including phenoxy) is 7. The predicted molar refractivity (Wildman–Crippen MR) is 164 cm³/mol. The first-order valence-corrected chi connectivity index (χ1v) is 15.7. The van der Waals surface area contributed by atoms with E-state index in [1.54, 1.807) is 0 Å². The van der Waals surface area contributed by atoms with Crippen molar-refractivity contribution < 1.29 is 52.3 Å². The molecule has 2 heterocycles. The summed E-state index contributed by atoms with van der Waals surface area (Å²) in [4.78, 5) is 48.8. The van der Waals surface area contributed by atoms with Crippen molar-refractivity contribution in [2.45, 2.75) is 90.5 Å². The van der Waals surface area contributed by atoms with Crippen molar-refractivity contribution in [2.24, 2.45) is 0 Å². The van der Waals surface area contributed by atoms with E-state index in [0.29, 0.717) is 37.4 Å². The molecule has 11 nitrogen and oxygen atoms in total. The van der Waals surface area contributed by atoms with Gasteiger partial charge in [0, 0.05) is 44.2 Å². The van der Waals surface area contributed by atoms with Crippen molar-refractivity contribution in [3.8, 4) is 5.75 Å². The summed E-state index contributed by atoms with van der Waals surface area (Å²) in [6.07, 6.45) is -4.09. The van der Waals surface area contributed by atoms with Crippen molar-refractivity contribution in [1.82, 2.24) is 0 Å². The highest BCUT2D eigenvalue weighted by Crippen LogP contribution is 2.43. The Morgan fingerprint density at radius 3 is 2.04 bits per heavy atom. The van der Waals surface area contributed by atoms with E-state index in [9.17, 15) is 19.2 Å². The van der Waals surface area contributed by atoms with Crippen LogP contribution in [-0.2, 0) is 60.4 Å². The van der Waals surface area contributed by atoms with Gasteiger partial charge in [-0.1, -0.05) is 47.1 Å². The summed E-state index contributed by atoms with van der Waals surface area (Å²) in [7, 11) is 0. The monoisotopic (exact) mass is 690 g/mol. The fraction of sp³-hybridized carbons (Fsp3) is 0.515. The summed E-state index contributed by atoms with van der Waals surface area (Å²) >= 11 is 3.71. The molecule has 45 heavy (non-hydrogen) atoms. The molecule has 0 spiro atoms. The van der Waals surface area contributed by atoms with Gasteiger partial charge in [-0.2, -0.15) is 0 Å². The van der Waals surface area contributed by atoms with Crippen LogP contribution in [0.4, 0.5) is 0 Å². The summed E-state index contributed by atoms with van der Waals surface area (Å²) in [6, 6.07) is 12.0. The van der Waals surface area contributed by atoms with Crippen molar-refractivity contribution in [3.63, 3.8) is 0 Å². The molecule has 4 rings (SSSR count). The minimum absolute atomic E-state index is 0.242. The Balaban J connectivity index is 1.85. The van der Waals surface area contributed by atoms with E-state index in [4.69, 9.17) is 33.2 Å². The van der Waals surface area contributed by atoms with E-state index < -0.39 is 54.4 Å². The molecule has 0 aromatic heterocycles. The minimum atomic E-state index is -1.30. The molecular formula is C33H39BrO11. The minimum Gasteiger partial charge on any atom is -0.488 e. The smallest absolute Gasteiger partial charge is 0.303 e. The maximum absolute atomic E-state index is 12.5. The Morgan fingerprint density at radius 2 is 1.47 bits per heavy atom. The number of hydrogen-bond donors (Lipinski definition) is 0. The van der Waals surface area contributed by atoms with Crippen LogP contribution in [0.25, 0.3) is 0 Å². The third-order valence-electron chi connectivity index (χ3n) is 7.48. The molecule has 6 atom stereocenters. The normalized spacial score (nSPS) is 24.4. The molecule has 244 valence electrons. The zero-order chi connectivity index (χ0) is 32.7. The van der Waals surface area contributed by atoms with Gasteiger partial charge in [-0.15, -0.1) is 0 Å². The summed E-state index contributed by atoms with van der Waals surface area (Å²) in [6.45, 7) is 7.53. The third-order valence-corrected chi connectivity index (χ3v) is 8.22. The molecule has 2 aliphatic rings. The van der Waals surface area contributed by atoms with Gasteiger partial charge < -0.3 is 33.2 Å². The molecule has 2 saturated heterocycles. The lowest BCUT2D eigenvalue weighted by Crippen LogP contribution is -2.59. The number of halogens is 1. The lowest BCUT2D eigenvalue weighted by atomic mass is 9.88. The predicted octanol–water partition coefficient (Wildman–Crippen LogP) is 4.57. The standard InChI is InChI=1S/C33H39BrO11/c1-6-22-7-9-23(10-8-22)13-24-14-26(28(15-27(24)34)44-25-11-12-39-16-25)30-32(42-20(4)37)33(43-21(5)38)31(41-19(3)36)29(45-30)17-40-18(2)35/h7-10,14-15,25,29-33H,6,11-13,16-17H2,1-5H3/t25-,29?,30-,31+,32-,33-/m0/s1. The topological polar surface area (TPSA) is 133 Å². The fourth-order valence-corrected chi connectivity index (χ4v) is 5.92. The second kappa shape index (κ2) is 15.7. The molecular weight excluding hydrogens is 652 g/mol. The number of rotatable bonds is 11. The average Bonchev–Trinajstić information content (AvgIpc) is 3.48. The molecule has 2 aliphatic heterocycles. The van der Waals surface area contributed by atoms with E-state index in [0.717, 1.165) is 22.0 Å². The van der Waals surface area contributed by atoms with Gasteiger partial charge in [-0.05, 0) is 41.7 Å². The van der Waals surface area contributed by atoms with Crippen LogP contribution >= 0.6 is 15.9 Å². The second-order valence-corrected chi connectivity index (χ2v) is 11.9. The summed E-state index contributed by atoms with van der Waals surface area (Å²) in [5, 5.41) is 0. The maximum Gasteiger partial charge on any atom is 0.303 e. The molecule has 2 aromatic carbocycles. The van der Waals surface area contributed by atoms with Gasteiger partial charge in [0.1, 0.15) is 30.7 Å². The van der Waals surface area contributed by atoms with E-state index in [1.807, 2.05) is 12.1 Å². The van der Waals surface area contributed by atoms with Gasteiger partial charge in [0.15, 0.2) is 18.3 Å². The Hall–Kier alpha value is -3.48. The third kappa shape index (κ3) is 9.27. The Labute approximate surface area is 270 Å².